The summed E-state index contributed by atoms with van der Waals surface area (Å²) in [5.41, 5.74) is -0.239. The van der Waals surface area contributed by atoms with Crippen molar-refractivity contribution in [1.29, 1.82) is 0 Å². The van der Waals surface area contributed by atoms with Gasteiger partial charge in [0.1, 0.15) is 11.4 Å². The fourth-order valence-electron chi connectivity index (χ4n) is 2.29. The van der Waals surface area contributed by atoms with E-state index in [4.69, 9.17) is 0 Å². The second-order valence-electron chi connectivity index (χ2n) is 4.91. The molecule has 1 fully saturated rings. The van der Waals surface area contributed by atoms with Gasteiger partial charge in [-0.1, -0.05) is 18.2 Å². The highest BCUT2D eigenvalue weighted by Gasteiger charge is 2.27. The first-order chi connectivity index (χ1) is 7.50. The van der Waals surface area contributed by atoms with Crippen LogP contribution in [0.15, 0.2) is 18.2 Å². The lowest BCUT2D eigenvalue weighted by atomic mass is 9.90. The lowest BCUT2D eigenvalue weighted by molar-refractivity contribution is 0.214. The van der Waals surface area contributed by atoms with Crippen molar-refractivity contribution in [3.63, 3.8) is 0 Å². The molecule has 2 nitrogen and oxygen atoms in total. The Labute approximate surface area is 95.5 Å². The molecule has 1 aliphatic rings. The molecule has 0 amide bonds. The topological polar surface area (TPSA) is 32.3 Å². The summed E-state index contributed by atoms with van der Waals surface area (Å²) in [6, 6.07) is 5.37. The fourth-order valence-corrected chi connectivity index (χ4v) is 2.29. The van der Waals surface area contributed by atoms with E-state index in [-0.39, 0.29) is 5.75 Å². The zero-order chi connectivity index (χ0) is 11.8. The first-order valence-electron chi connectivity index (χ1n) is 5.72. The Balaban J connectivity index is 2.40. The number of alkyl halides is 1. The van der Waals surface area contributed by atoms with E-state index < -0.39 is 5.67 Å². The quantitative estimate of drug-likeness (QED) is 0.808. The number of phenols is 1. The van der Waals surface area contributed by atoms with Crippen LogP contribution in [-0.4, -0.2) is 18.2 Å². The molecule has 1 aliphatic heterocycles. The number of halogens is 1. The molecule has 0 spiro atoms. The summed E-state index contributed by atoms with van der Waals surface area (Å²) < 4.78 is 13.9. The van der Waals surface area contributed by atoms with Crippen LogP contribution in [0.2, 0.25) is 0 Å². The maximum absolute atomic E-state index is 13.9. The highest BCUT2D eigenvalue weighted by molar-refractivity contribution is 5.45. The van der Waals surface area contributed by atoms with Crippen LogP contribution in [0.1, 0.15) is 37.3 Å². The third-order valence-electron chi connectivity index (χ3n) is 3.21. The van der Waals surface area contributed by atoms with Crippen molar-refractivity contribution in [3.05, 3.63) is 29.3 Å². The van der Waals surface area contributed by atoms with Crippen molar-refractivity contribution in [2.24, 2.45) is 0 Å². The van der Waals surface area contributed by atoms with Crippen LogP contribution in [0, 0.1) is 0 Å². The summed E-state index contributed by atoms with van der Waals surface area (Å²) in [5, 5.41) is 13.4. The van der Waals surface area contributed by atoms with Crippen molar-refractivity contribution < 1.29 is 9.50 Å². The van der Waals surface area contributed by atoms with E-state index in [9.17, 15) is 9.50 Å². The molecule has 88 valence electrons. The number of aromatic hydroxyl groups is 1. The minimum absolute atomic E-state index is 0.128. The highest BCUT2D eigenvalue weighted by atomic mass is 19.1. The molecule has 1 aromatic carbocycles. The van der Waals surface area contributed by atoms with Crippen LogP contribution in [-0.2, 0) is 5.67 Å². The Morgan fingerprint density at radius 1 is 1.44 bits per heavy atom. The molecular weight excluding hydrogens is 205 g/mol. The Bertz CT molecular complexity index is 378. The van der Waals surface area contributed by atoms with Crippen molar-refractivity contribution in [3.8, 4) is 5.75 Å². The Hall–Kier alpha value is -1.09. The molecule has 3 heteroatoms. The Morgan fingerprint density at radius 3 is 2.75 bits per heavy atom. The van der Waals surface area contributed by atoms with E-state index in [0.717, 1.165) is 25.1 Å². The second kappa shape index (κ2) is 4.06. The highest BCUT2D eigenvalue weighted by Crippen LogP contribution is 2.38. The third-order valence-corrected chi connectivity index (χ3v) is 3.21. The minimum Gasteiger partial charge on any atom is -0.507 e. The summed E-state index contributed by atoms with van der Waals surface area (Å²) in [4.78, 5) is 0. The Morgan fingerprint density at radius 2 is 2.19 bits per heavy atom. The molecule has 16 heavy (non-hydrogen) atoms. The number of rotatable bonds is 2. The monoisotopic (exact) mass is 223 g/mol. The van der Waals surface area contributed by atoms with Gasteiger partial charge in [0.2, 0.25) is 0 Å². The molecule has 1 unspecified atom stereocenters. The van der Waals surface area contributed by atoms with E-state index in [2.05, 4.69) is 5.32 Å². The summed E-state index contributed by atoms with van der Waals surface area (Å²) in [6.07, 6.45) is 1.00. The molecule has 0 aliphatic carbocycles. The number of phenolic OH excluding ortho intramolecular Hbond substituents is 1. The van der Waals surface area contributed by atoms with E-state index in [1.54, 1.807) is 6.07 Å². The predicted molar refractivity (Wildman–Crippen MR) is 62.5 cm³/mol. The lowest BCUT2D eigenvalue weighted by Gasteiger charge is -2.20. The molecule has 1 saturated heterocycles. The Kier molecular flexibility index (Phi) is 2.89. The fraction of sp³-hybridized carbons (Fsp3) is 0.538. The standard InChI is InChI=1S/C13H18FNO/c1-13(2,14)11-5-3-4-10(12(11)16)9-6-7-15-8-9/h3-5,9,15-16H,6-8H2,1-2H3. The van der Waals surface area contributed by atoms with Crippen LogP contribution in [0.5, 0.6) is 5.75 Å². The summed E-state index contributed by atoms with van der Waals surface area (Å²) in [5.74, 6) is 0.436. The minimum atomic E-state index is -1.49. The van der Waals surface area contributed by atoms with Gasteiger partial charge in [-0.05, 0) is 32.4 Å². The average Bonchev–Trinajstić information content (AvgIpc) is 2.69. The van der Waals surface area contributed by atoms with Gasteiger partial charge in [-0.25, -0.2) is 4.39 Å². The van der Waals surface area contributed by atoms with Gasteiger partial charge in [0.05, 0.1) is 0 Å². The van der Waals surface area contributed by atoms with Crippen molar-refractivity contribution in [2.75, 3.05) is 13.1 Å². The van der Waals surface area contributed by atoms with Crippen LogP contribution in [0.3, 0.4) is 0 Å². The average molecular weight is 223 g/mol. The largest absolute Gasteiger partial charge is 0.507 e. The number of benzene rings is 1. The molecule has 0 saturated carbocycles. The molecule has 0 aromatic heterocycles. The smallest absolute Gasteiger partial charge is 0.134 e. The van der Waals surface area contributed by atoms with E-state index in [0.29, 0.717) is 11.5 Å². The van der Waals surface area contributed by atoms with Crippen LogP contribution >= 0.6 is 0 Å². The normalized spacial score (nSPS) is 21.3. The van der Waals surface area contributed by atoms with E-state index in [1.807, 2.05) is 12.1 Å². The lowest BCUT2D eigenvalue weighted by Crippen LogP contribution is -2.12. The maximum Gasteiger partial charge on any atom is 0.134 e. The molecular formula is C13H18FNO. The number of hydrogen-bond acceptors (Lipinski definition) is 2. The van der Waals surface area contributed by atoms with E-state index >= 15 is 0 Å². The van der Waals surface area contributed by atoms with Gasteiger partial charge < -0.3 is 10.4 Å². The summed E-state index contributed by atoms with van der Waals surface area (Å²) >= 11 is 0. The molecule has 0 bridgehead atoms. The van der Waals surface area contributed by atoms with Crippen molar-refractivity contribution in [1.82, 2.24) is 5.32 Å². The number of nitrogens with one attached hydrogen (secondary N) is 1. The molecule has 2 rings (SSSR count). The van der Waals surface area contributed by atoms with Gasteiger partial charge >= 0.3 is 0 Å². The predicted octanol–water partition coefficient (Wildman–Crippen LogP) is 2.67. The zero-order valence-electron chi connectivity index (χ0n) is 9.76. The molecule has 1 heterocycles. The molecule has 1 aromatic rings. The van der Waals surface area contributed by atoms with Gasteiger partial charge in [-0.15, -0.1) is 0 Å². The maximum atomic E-state index is 13.9. The van der Waals surface area contributed by atoms with Gasteiger partial charge in [0.15, 0.2) is 0 Å². The van der Waals surface area contributed by atoms with Crippen LogP contribution < -0.4 is 5.32 Å². The van der Waals surface area contributed by atoms with Crippen LogP contribution in [0.25, 0.3) is 0 Å². The molecule has 1 atom stereocenters. The molecule has 2 N–H and O–H groups in total. The zero-order valence-corrected chi connectivity index (χ0v) is 9.76. The molecule has 0 radical (unpaired) electrons. The number of para-hydroxylation sites is 1. The van der Waals surface area contributed by atoms with Gasteiger partial charge in [-0.2, -0.15) is 0 Å². The van der Waals surface area contributed by atoms with Gasteiger partial charge in [-0.3, -0.25) is 0 Å². The van der Waals surface area contributed by atoms with Gasteiger partial charge in [0.25, 0.3) is 0 Å². The SMILES string of the molecule is CC(C)(F)c1cccc(C2CCNC2)c1O. The van der Waals surface area contributed by atoms with E-state index in [1.165, 1.54) is 13.8 Å². The second-order valence-corrected chi connectivity index (χ2v) is 4.91. The number of hydrogen-bond donors (Lipinski definition) is 2. The van der Waals surface area contributed by atoms with Crippen molar-refractivity contribution in [2.45, 2.75) is 31.9 Å². The van der Waals surface area contributed by atoms with Gasteiger partial charge in [0, 0.05) is 18.0 Å². The van der Waals surface area contributed by atoms with Crippen LogP contribution in [0.4, 0.5) is 4.39 Å². The first-order valence-corrected chi connectivity index (χ1v) is 5.72. The first kappa shape index (κ1) is 11.4. The summed E-state index contributed by atoms with van der Waals surface area (Å²) in [7, 11) is 0. The summed E-state index contributed by atoms with van der Waals surface area (Å²) in [6.45, 7) is 4.77. The third kappa shape index (κ3) is 2.05. The van der Waals surface area contributed by atoms with Crippen molar-refractivity contribution >= 4 is 0 Å².